The van der Waals surface area contributed by atoms with Crippen molar-refractivity contribution in [2.24, 2.45) is 0 Å². The number of benzene rings is 10. The van der Waals surface area contributed by atoms with Gasteiger partial charge in [-0.3, -0.25) is 0 Å². The van der Waals surface area contributed by atoms with Crippen LogP contribution >= 0.6 is 0 Å². The molecule has 0 aliphatic heterocycles. The minimum Gasteiger partial charge on any atom is -0.311 e. The highest BCUT2D eigenvalue weighted by atomic mass is 15.2. The third-order valence-corrected chi connectivity index (χ3v) is 14.4. The molecule has 322 valence electrons. The van der Waals surface area contributed by atoms with Crippen molar-refractivity contribution in [3.05, 3.63) is 259 Å². The molecule has 2 aliphatic carbocycles. The highest BCUT2D eigenvalue weighted by Gasteiger charge is 2.42. The van der Waals surface area contributed by atoms with Crippen LogP contribution in [-0.2, 0) is 10.8 Å². The quantitative estimate of drug-likeness (QED) is 0.143. The molecule has 10 aromatic rings. The van der Waals surface area contributed by atoms with Crippen molar-refractivity contribution in [1.82, 2.24) is 0 Å². The van der Waals surface area contributed by atoms with Crippen molar-refractivity contribution >= 4 is 62.0 Å². The normalized spacial score (nSPS) is 13.6. The second-order valence-electron chi connectivity index (χ2n) is 19.0. The first-order valence-electron chi connectivity index (χ1n) is 23.4. The highest BCUT2D eigenvalue weighted by molar-refractivity contribution is 6.04. The van der Waals surface area contributed by atoms with E-state index in [2.05, 4.69) is 279 Å². The van der Waals surface area contributed by atoms with Crippen molar-refractivity contribution < 1.29 is 0 Å². The van der Waals surface area contributed by atoms with Crippen LogP contribution in [0.4, 0.5) is 51.2 Å². The van der Waals surface area contributed by atoms with Gasteiger partial charge < -0.3 is 14.7 Å². The Kier molecular flexibility index (Phi) is 9.51. The van der Waals surface area contributed by atoms with Gasteiger partial charge in [0.25, 0.3) is 0 Å². The van der Waals surface area contributed by atoms with Gasteiger partial charge in [-0.1, -0.05) is 143 Å². The number of hydrogen-bond donors (Lipinski definition) is 0. The van der Waals surface area contributed by atoms with Crippen molar-refractivity contribution in [2.45, 2.75) is 38.5 Å². The van der Waals surface area contributed by atoms with Crippen LogP contribution in [0, 0.1) is 0 Å². The number of fused-ring (bicyclic) bond motifs is 8. The molecule has 0 fully saturated rings. The molecule has 2 aliphatic rings. The Balaban J connectivity index is 0.985. The maximum atomic E-state index is 2.54. The first-order valence-corrected chi connectivity index (χ1v) is 23.4. The molecule has 0 heterocycles. The zero-order valence-electron chi connectivity index (χ0n) is 38.4. The Hall–Kier alpha value is -8.14. The zero-order valence-corrected chi connectivity index (χ0v) is 38.4. The van der Waals surface area contributed by atoms with Crippen LogP contribution in [0.1, 0.15) is 49.9 Å². The smallest absolute Gasteiger partial charge is 0.0465 e. The Morgan fingerprint density at radius 1 is 0.254 bits per heavy atom. The lowest BCUT2D eigenvalue weighted by Gasteiger charge is -2.30. The summed E-state index contributed by atoms with van der Waals surface area (Å²) in [6.07, 6.45) is 0. The Labute approximate surface area is 394 Å². The summed E-state index contributed by atoms with van der Waals surface area (Å²) in [5.74, 6) is 0. The van der Waals surface area contributed by atoms with Gasteiger partial charge in [0.2, 0.25) is 0 Å². The van der Waals surface area contributed by atoms with E-state index in [9.17, 15) is 0 Å². The molecule has 0 saturated carbocycles. The Morgan fingerprint density at radius 3 is 1.07 bits per heavy atom. The average molecular weight is 862 g/mol. The summed E-state index contributed by atoms with van der Waals surface area (Å²) in [6.45, 7) is 9.62. The third-order valence-electron chi connectivity index (χ3n) is 14.4. The van der Waals surface area contributed by atoms with Crippen LogP contribution in [0.15, 0.2) is 237 Å². The Bertz CT molecular complexity index is 3230. The van der Waals surface area contributed by atoms with Crippen LogP contribution in [0.2, 0.25) is 0 Å². The van der Waals surface area contributed by atoms with E-state index in [4.69, 9.17) is 0 Å². The minimum atomic E-state index is -0.232. The van der Waals surface area contributed by atoms with Crippen molar-refractivity contribution in [1.29, 1.82) is 0 Å². The van der Waals surface area contributed by atoms with Crippen molar-refractivity contribution in [3.8, 4) is 22.3 Å². The number of nitrogens with zero attached hydrogens (tertiary/aromatic N) is 3. The van der Waals surface area contributed by atoms with E-state index in [1.54, 1.807) is 0 Å². The van der Waals surface area contributed by atoms with Gasteiger partial charge in [-0.15, -0.1) is 0 Å². The molecule has 10 aromatic carbocycles. The molecule has 0 aromatic heterocycles. The predicted molar refractivity (Wildman–Crippen MR) is 283 cm³/mol. The number of anilines is 9. The van der Waals surface area contributed by atoms with E-state index in [1.807, 2.05) is 0 Å². The lowest BCUT2D eigenvalue weighted by atomic mass is 9.79. The lowest BCUT2D eigenvalue weighted by Crippen LogP contribution is -2.17. The lowest BCUT2D eigenvalue weighted by molar-refractivity contribution is 0.652. The SMILES string of the molecule is CC1(C)c2cc(N(c3ccc(N(c4ccccc4)c4ccccc4)cc3)c3ccc(N(c4ccccc4)c4ccccc4)cc3)ccc2-c2cc3c(cc21)-c1c(ccc2ccccc12)C3(C)C. The molecule has 67 heavy (non-hydrogen) atoms. The number of hydrogen-bond acceptors (Lipinski definition) is 3. The summed E-state index contributed by atoms with van der Waals surface area (Å²) in [5, 5.41) is 2.63. The van der Waals surface area contributed by atoms with E-state index in [1.165, 1.54) is 55.3 Å². The summed E-state index contributed by atoms with van der Waals surface area (Å²) in [4.78, 5) is 7.06. The number of rotatable bonds is 9. The summed E-state index contributed by atoms with van der Waals surface area (Å²) >= 11 is 0. The maximum Gasteiger partial charge on any atom is 0.0465 e. The van der Waals surface area contributed by atoms with E-state index >= 15 is 0 Å². The molecule has 0 unspecified atom stereocenters. The van der Waals surface area contributed by atoms with E-state index < -0.39 is 0 Å². The van der Waals surface area contributed by atoms with Crippen LogP contribution in [0.25, 0.3) is 33.0 Å². The van der Waals surface area contributed by atoms with E-state index in [0.717, 1.165) is 51.2 Å². The zero-order chi connectivity index (χ0) is 45.3. The summed E-state index contributed by atoms with van der Waals surface area (Å²) in [7, 11) is 0. The molecule has 0 N–H and O–H groups in total. The van der Waals surface area contributed by atoms with Gasteiger partial charge in [0.1, 0.15) is 0 Å². The molecule has 3 nitrogen and oxygen atoms in total. The van der Waals surface area contributed by atoms with Crippen molar-refractivity contribution in [2.75, 3.05) is 14.7 Å². The Morgan fingerprint density at radius 2 is 0.597 bits per heavy atom. The van der Waals surface area contributed by atoms with Crippen LogP contribution in [0.5, 0.6) is 0 Å². The molecule has 0 amide bonds. The van der Waals surface area contributed by atoms with Gasteiger partial charge in [-0.05, 0) is 177 Å². The molecule has 0 saturated heterocycles. The molecule has 0 radical (unpaired) electrons. The molecular weight excluding hydrogens is 811 g/mol. The first-order chi connectivity index (χ1) is 32.8. The fourth-order valence-electron chi connectivity index (χ4n) is 11.0. The predicted octanol–water partition coefficient (Wildman–Crippen LogP) is 17.9. The molecular formula is C64H51N3. The monoisotopic (exact) mass is 861 g/mol. The van der Waals surface area contributed by atoms with Crippen LogP contribution < -0.4 is 14.7 Å². The van der Waals surface area contributed by atoms with Crippen LogP contribution in [0.3, 0.4) is 0 Å². The van der Waals surface area contributed by atoms with Gasteiger partial charge in [0.15, 0.2) is 0 Å². The third kappa shape index (κ3) is 6.64. The van der Waals surface area contributed by atoms with E-state index in [-0.39, 0.29) is 10.8 Å². The molecule has 12 rings (SSSR count). The summed E-state index contributed by atoms with van der Waals surface area (Å²) < 4.78 is 0. The molecule has 3 heteroatoms. The topological polar surface area (TPSA) is 9.72 Å². The highest BCUT2D eigenvalue weighted by Crippen LogP contribution is 2.58. The van der Waals surface area contributed by atoms with Gasteiger partial charge in [-0.25, -0.2) is 0 Å². The largest absolute Gasteiger partial charge is 0.311 e. The van der Waals surface area contributed by atoms with Gasteiger partial charge in [-0.2, -0.15) is 0 Å². The average Bonchev–Trinajstić information content (AvgIpc) is 3.74. The first kappa shape index (κ1) is 40.4. The standard InChI is InChI=1S/C64H51N3/c1-63(2)58-40-29-44-19-17-18-28-54(44)62(58)57-43-60-56(42-61(57)63)55-39-38-53(41-59(55)64(60,3)4)67(51-34-30-49(31-35-51)65(45-20-9-5-10-21-45)46-22-11-6-12-23-46)52-36-32-50(33-37-52)66(47-24-13-7-14-25-47)48-26-15-8-16-27-48/h5-43H,1-4H3. The summed E-state index contributed by atoms with van der Waals surface area (Å²) in [6, 6.07) is 86.3. The van der Waals surface area contributed by atoms with Gasteiger partial charge in [0, 0.05) is 62.0 Å². The molecule has 0 bridgehead atoms. The molecule has 0 atom stereocenters. The fourth-order valence-corrected chi connectivity index (χ4v) is 11.0. The van der Waals surface area contributed by atoms with Crippen LogP contribution in [-0.4, -0.2) is 0 Å². The van der Waals surface area contributed by atoms with Gasteiger partial charge >= 0.3 is 0 Å². The number of para-hydroxylation sites is 4. The maximum absolute atomic E-state index is 2.54. The summed E-state index contributed by atoms with van der Waals surface area (Å²) in [5.41, 5.74) is 20.6. The van der Waals surface area contributed by atoms with E-state index in [0.29, 0.717) is 0 Å². The van der Waals surface area contributed by atoms with Gasteiger partial charge in [0.05, 0.1) is 0 Å². The van der Waals surface area contributed by atoms with Crippen molar-refractivity contribution in [3.63, 3.8) is 0 Å². The second kappa shape index (κ2) is 15.8. The minimum absolute atomic E-state index is 0.112. The fraction of sp³-hybridized carbons (Fsp3) is 0.0938. The second-order valence-corrected chi connectivity index (χ2v) is 19.0. The molecule has 0 spiro atoms.